The smallest absolute Gasteiger partial charge is 0.306 e. The molecular formula is C14H16ClFO3. The molecule has 0 unspecified atom stereocenters. The minimum Gasteiger partial charge on any atom is -0.466 e. The number of halogens is 2. The van der Waals surface area contributed by atoms with Crippen molar-refractivity contribution in [2.75, 3.05) is 6.61 Å². The molecule has 0 saturated carbocycles. The van der Waals surface area contributed by atoms with Gasteiger partial charge < -0.3 is 4.74 Å². The molecule has 0 amide bonds. The van der Waals surface area contributed by atoms with Gasteiger partial charge >= 0.3 is 5.97 Å². The number of rotatable bonds is 7. The summed E-state index contributed by atoms with van der Waals surface area (Å²) in [4.78, 5) is 23.1. The molecule has 0 saturated heterocycles. The molecule has 104 valence electrons. The molecule has 0 fully saturated rings. The summed E-state index contributed by atoms with van der Waals surface area (Å²) >= 11 is 5.77. The normalized spacial score (nSPS) is 10.3. The maximum Gasteiger partial charge on any atom is 0.306 e. The first-order chi connectivity index (χ1) is 9.06. The highest BCUT2D eigenvalue weighted by Gasteiger charge is 2.17. The standard InChI is InChI=1S/C14H16ClFO3/c1-2-3-9-19-13(18)8-7-12(17)14-10(15)5-4-6-11(14)16/h4-6H,2-3,7-9H2,1H3. The molecule has 19 heavy (non-hydrogen) atoms. The van der Waals surface area contributed by atoms with Crippen LogP contribution in [0.2, 0.25) is 5.02 Å². The van der Waals surface area contributed by atoms with Crippen molar-refractivity contribution in [2.24, 2.45) is 0 Å². The summed E-state index contributed by atoms with van der Waals surface area (Å²) < 4.78 is 18.4. The number of ketones is 1. The summed E-state index contributed by atoms with van der Waals surface area (Å²) in [6, 6.07) is 4.03. The van der Waals surface area contributed by atoms with Crippen LogP contribution in [0, 0.1) is 5.82 Å². The Morgan fingerprint density at radius 3 is 2.68 bits per heavy atom. The number of hydrogen-bond acceptors (Lipinski definition) is 3. The monoisotopic (exact) mass is 286 g/mol. The number of ether oxygens (including phenoxy) is 1. The fraction of sp³-hybridized carbons (Fsp3) is 0.429. The quantitative estimate of drug-likeness (QED) is 0.435. The topological polar surface area (TPSA) is 43.4 Å². The van der Waals surface area contributed by atoms with Crippen LogP contribution in [0.1, 0.15) is 43.0 Å². The Balaban J connectivity index is 2.49. The van der Waals surface area contributed by atoms with E-state index < -0.39 is 17.6 Å². The van der Waals surface area contributed by atoms with Gasteiger partial charge in [-0.05, 0) is 18.6 Å². The molecule has 0 N–H and O–H groups in total. The molecule has 1 aromatic rings. The third-order valence-electron chi connectivity index (χ3n) is 2.56. The molecule has 0 atom stereocenters. The van der Waals surface area contributed by atoms with Gasteiger partial charge in [-0.15, -0.1) is 0 Å². The lowest BCUT2D eigenvalue weighted by Gasteiger charge is -2.05. The van der Waals surface area contributed by atoms with Crippen molar-refractivity contribution < 1.29 is 18.7 Å². The highest BCUT2D eigenvalue weighted by Crippen LogP contribution is 2.21. The second-order valence-corrected chi connectivity index (χ2v) is 4.50. The van der Waals surface area contributed by atoms with E-state index in [-0.39, 0.29) is 23.4 Å². The molecular weight excluding hydrogens is 271 g/mol. The average molecular weight is 287 g/mol. The van der Waals surface area contributed by atoms with E-state index in [9.17, 15) is 14.0 Å². The zero-order valence-electron chi connectivity index (χ0n) is 10.7. The third-order valence-corrected chi connectivity index (χ3v) is 2.87. The van der Waals surface area contributed by atoms with Crippen LogP contribution in [-0.4, -0.2) is 18.4 Å². The number of unbranched alkanes of at least 4 members (excludes halogenated alkanes) is 1. The van der Waals surface area contributed by atoms with Crippen molar-refractivity contribution in [2.45, 2.75) is 32.6 Å². The maximum atomic E-state index is 13.5. The van der Waals surface area contributed by atoms with Crippen LogP contribution in [0.5, 0.6) is 0 Å². The van der Waals surface area contributed by atoms with Crippen LogP contribution in [-0.2, 0) is 9.53 Å². The van der Waals surface area contributed by atoms with E-state index in [4.69, 9.17) is 16.3 Å². The molecule has 3 nitrogen and oxygen atoms in total. The first kappa shape index (κ1) is 15.6. The van der Waals surface area contributed by atoms with Crippen LogP contribution < -0.4 is 0 Å². The SMILES string of the molecule is CCCCOC(=O)CCC(=O)c1c(F)cccc1Cl. The van der Waals surface area contributed by atoms with Crippen LogP contribution in [0.15, 0.2) is 18.2 Å². The molecule has 0 spiro atoms. The Morgan fingerprint density at radius 1 is 1.32 bits per heavy atom. The van der Waals surface area contributed by atoms with E-state index in [0.717, 1.165) is 12.8 Å². The number of Topliss-reactive ketones (excluding diaryl/α,β-unsaturated/α-hetero) is 1. The zero-order valence-corrected chi connectivity index (χ0v) is 11.5. The lowest BCUT2D eigenvalue weighted by molar-refractivity contribution is -0.143. The van der Waals surface area contributed by atoms with Crippen molar-refractivity contribution in [3.05, 3.63) is 34.6 Å². The Morgan fingerprint density at radius 2 is 2.05 bits per heavy atom. The first-order valence-corrected chi connectivity index (χ1v) is 6.57. The molecule has 0 radical (unpaired) electrons. The fourth-order valence-electron chi connectivity index (χ4n) is 1.51. The molecule has 1 rings (SSSR count). The molecule has 0 aliphatic heterocycles. The molecule has 0 aliphatic rings. The molecule has 0 bridgehead atoms. The van der Waals surface area contributed by atoms with Gasteiger partial charge in [0.2, 0.25) is 0 Å². The average Bonchev–Trinajstić information content (AvgIpc) is 2.36. The number of carbonyl (C=O) groups is 2. The Hall–Kier alpha value is -1.42. The summed E-state index contributed by atoms with van der Waals surface area (Å²) in [7, 11) is 0. The molecule has 5 heteroatoms. The second kappa shape index (κ2) is 7.89. The van der Waals surface area contributed by atoms with Crippen molar-refractivity contribution in [1.82, 2.24) is 0 Å². The van der Waals surface area contributed by atoms with Gasteiger partial charge in [-0.3, -0.25) is 9.59 Å². The van der Waals surface area contributed by atoms with Gasteiger partial charge in [0, 0.05) is 6.42 Å². The summed E-state index contributed by atoms with van der Waals surface area (Å²) in [5.74, 6) is -1.61. The maximum absolute atomic E-state index is 13.5. The molecule has 0 aromatic heterocycles. The Kier molecular flexibility index (Phi) is 6.50. The van der Waals surface area contributed by atoms with Gasteiger partial charge in [-0.2, -0.15) is 0 Å². The molecule has 0 heterocycles. The highest BCUT2D eigenvalue weighted by atomic mass is 35.5. The van der Waals surface area contributed by atoms with Crippen molar-refractivity contribution in [3.63, 3.8) is 0 Å². The van der Waals surface area contributed by atoms with Crippen molar-refractivity contribution in [1.29, 1.82) is 0 Å². The third kappa shape index (κ3) is 4.99. The minimum atomic E-state index is -0.670. The van der Waals surface area contributed by atoms with Crippen LogP contribution in [0.4, 0.5) is 4.39 Å². The van der Waals surface area contributed by atoms with Crippen LogP contribution in [0.3, 0.4) is 0 Å². The number of carbonyl (C=O) groups excluding carboxylic acids is 2. The van der Waals surface area contributed by atoms with Crippen LogP contribution >= 0.6 is 11.6 Å². The predicted octanol–water partition coefficient (Wildman–Crippen LogP) is 3.79. The second-order valence-electron chi connectivity index (χ2n) is 4.09. The highest BCUT2D eigenvalue weighted by molar-refractivity contribution is 6.34. The number of hydrogen-bond donors (Lipinski definition) is 0. The lowest BCUT2D eigenvalue weighted by atomic mass is 10.1. The minimum absolute atomic E-state index is 0.0596. The zero-order chi connectivity index (χ0) is 14.3. The Bertz CT molecular complexity index is 440. The summed E-state index contributed by atoms with van der Waals surface area (Å²) in [6.07, 6.45) is 1.55. The summed E-state index contributed by atoms with van der Waals surface area (Å²) in [5, 5.41) is 0.0596. The van der Waals surface area contributed by atoms with E-state index >= 15 is 0 Å². The van der Waals surface area contributed by atoms with E-state index in [0.29, 0.717) is 6.61 Å². The lowest BCUT2D eigenvalue weighted by Crippen LogP contribution is -2.10. The largest absolute Gasteiger partial charge is 0.466 e. The van der Waals surface area contributed by atoms with Crippen LogP contribution in [0.25, 0.3) is 0 Å². The number of benzene rings is 1. The van der Waals surface area contributed by atoms with E-state index in [1.807, 2.05) is 6.92 Å². The van der Waals surface area contributed by atoms with Gasteiger partial charge in [0.05, 0.1) is 23.6 Å². The summed E-state index contributed by atoms with van der Waals surface area (Å²) in [5.41, 5.74) is -0.162. The number of esters is 1. The van der Waals surface area contributed by atoms with Gasteiger partial charge in [0.25, 0.3) is 0 Å². The Labute approximate surface area is 116 Å². The van der Waals surface area contributed by atoms with E-state index in [1.54, 1.807) is 0 Å². The first-order valence-electron chi connectivity index (χ1n) is 6.19. The van der Waals surface area contributed by atoms with E-state index in [2.05, 4.69) is 0 Å². The van der Waals surface area contributed by atoms with Gasteiger partial charge in [0.15, 0.2) is 5.78 Å². The molecule has 0 aliphatic carbocycles. The fourth-order valence-corrected chi connectivity index (χ4v) is 1.78. The van der Waals surface area contributed by atoms with Gasteiger partial charge in [-0.25, -0.2) is 4.39 Å². The van der Waals surface area contributed by atoms with E-state index in [1.165, 1.54) is 18.2 Å². The molecule has 1 aromatic carbocycles. The van der Waals surface area contributed by atoms with Crippen molar-refractivity contribution in [3.8, 4) is 0 Å². The van der Waals surface area contributed by atoms with Gasteiger partial charge in [0.1, 0.15) is 5.82 Å². The summed E-state index contributed by atoms with van der Waals surface area (Å²) in [6.45, 7) is 2.33. The van der Waals surface area contributed by atoms with Crippen molar-refractivity contribution >= 4 is 23.4 Å². The predicted molar refractivity (Wildman–Crippen MR) is 70.8 cm³/mol. The van der Waals surface area contributed by atoms with Gasteiger partial charge in [-0.1, -0.05) is 31.0 Å².